The van der Waals surface area contributed by atoms with Crippen LogP contribution >= 0.6 is 0 Å². The van der Waals surface area contributed by atoms with Gasteiger partial charge in [-0.1, -0.05) is 31.6 Å². The van der Waals surface area contributed by atoms with Crippen molar-refractivity contribution in [1.29, 1.82) is 0 Å². The van der Waals surface area contributed by atoms with E-state index in [1.165, 1.54) is 11.6 Å². The van der Waals surface area contributed by atoms with Gasteiger partial charge in [-0.15, -0.1) is 0 Å². The summed E-state index contributed by atoms with van der Waals surface area (Å²) in [5.74, 6) is -0.591. The van der Waals surface area contributed by atoms with Gasteiger partial charge in [0.2, 0.25) is 0 Å². The molecule has 0 aromatic carbocycles. The second kappa shape index (κ2) is 3.99. The molecule has 1 atom stereocenters. The summed E-state index contributed by atoms with van der Waals surface area (Å²) in [6.45, 7) is 6.47. The third kappa shape index (κ3) is 2.47. The van der Waals surface area contributed by atoms with Crippen molar-refractivity contribution in [2.75, 3.05) is 0 Å². The van der Waals surface area contributed by atoms with Gasteiger partial charge in [0.15, 0.2) is 0 Å². The van der Waals surface area contributed by atoms with Crippen molar-refractivity contribution < 1.29 is 9.90 Å². The van der Waals surface area contributed by atoms with Crippen molar-refractivity contribution in [3.63, 3.8) is 0 Å². The maximum absolute atomic E-state index is 10.5. The van der Waals surface area contributed by atoms with Crippen LogP contribution in [0.1, 0.15) is 33.6 Å². The van der Waals surface area contributed by atoms with Crippen LogP contribution in [0.25, 0.3) is 0 Å². The van der Waals surface area contributed by atoms with Crippen LogP contribution in [0.5, 0.6) is 0 Å². The fourth-order valence-electron chi connectivity index (χ4n) is 2.16. The lowest BCUT2D eigenvalue weighted by atomic mass is 9.68. The predicted molar refractivity (Wildman–Crippen MR) is 57.0 cm³/mol. The van der Waals surface area contributed by atoms with E-state index in [1.807, 2.05) is 6.08 Å². The molecule has 0 saturated carbocycles. The maximum atomic E-state index is 10.5. The number of carbonyl (C=O) groups is 1. The lowest BCUT2D eigenvalue weighted by molar-refractivity contribution is -0.131. The predicted octanol–water partition coefficient (Wildman–Crippen LogP) is 3.01. The van der Waals surface area contributed by atoms with Crippen LogP contribution in [0.2, 0.25) is 0 Å². The fraction of sp³-hybridized carbons (Fsp3) is 0.583. The van der Waals surface area contributed by atoms with Crippen molar-refractivity contribution >= 4 is 5.97 Å². The highest BCUT2D eigenvalue weighted by Gasteiger charge is 2.30. The van der Waals surface area contributed by atoms with Crippen LogP contribution in [-0.4, -0.2) is 11.1 Å². The minimum Gasteiger partial charge on any atom is -0.478 e. The monoisotopic (exact) mass is 194 g/mol. The molecule has 1 N–H and O–H groups in total. The molecule has 0 aromatic rings. The first-order valence-electron chi connectivity index (χ1n) is 5.01. The Hall–Kier alpha value is -1.05. The Balaban J connectivity index is 2.86. The van der Waals surface area contributed by atoms with Crippen molar-refractivity contribution in [1.82, 2.24) is 0 Å². The molecule has 14 heavy (non-hydrogen) atoms. The maximum Gasteiger partial charge on any atom is 0.327 e. The van der Waals surface area contributed by atoms with Crippen LogP contribution in [0.3, 0.4) is 0 Å². The lowest BCUT2D eigenvalue weighted by Crippen LogP contribution is -2.26. The van der Waals surface area contributed by atoms with Crippen molar-refractivity contribution in [3.05, 3.63) is 23.8 Å². The molecular weight excluding hydrogens is 176 g/mol. The van der Waals surface area contributed by atoms with E-state index in [-0.39, 0.29) is 11.3 Å². The van der Waals surface area contributed by atoms with E-state index >= 15 is 0 Å². The van der Waals surface area contributed by atoms with Gasteiger partial charge >= 0.3 is 5.97 Å². The summed E-state index contributed by atoms with van der Waals surface area (Å²) in [5, 5.41) is 8.59. The molecule has 0 spiro atoms. The van der Waals surface area contributed by atoms with E-state index in [2.05, 4.69) is 26.8 Å². The van der Waals surface area contributed by atoms with Gasteiger partial charge in [0.05, 0.1) is 0 Å². The van der Waals surface area contributed by atoms with Gasteiger partial charge in [-0.3, -0.25) is 0 Å². The molecule has 78 valence electrons. The molecule has 0 fully saturated rings. The van der Waals surface area contributed by atoms with E-state index in [4.69, 9.17) is 5.11 Å². The molecule has 0 saturated heterocycles. The van der Waals surface area contributed by atoms with Crippen molar-refractivity contribution in [2.45, 2.75) is 33.6 Å². The Bertz CT molecular complexity index is 285. The largest absolute Gasteiger partial charge is 0.478 e. The number of carboxylic acid groups (broad SMARTS) is 1. The Labute approximate surface area is 85.3 Å². The van der Waals surface area contributed by atoms with Gasteiger partial charge in [-0.25, -0.2) is 4.79 Å². The molecule has 0 radical (unpaired) electrons. The molecule has 0 amide bonds. The van der Waals surface area contributed by atoms with Gasteiger partial charge < -0.3 is 5.11 Å². The summed E-state index contributed by atoms with van der Waals surface area (Å²) in [5.41, 5.74) is 1.48. The minimum absolute atomic E-state index is 0.185. The topological polar surface area (TPSA) is 37.3 Å². The zero-order valence-electron chi connectivity index (χ0n) is 9.08. The summed E-state index contributed by atoms with van der Waals surface area (Å²) >= 11 is 0. The van der Waals surface area contributed by atoms with Gasteiger partial charge in [-0.05, 0) is 25.2 Å². The Morgan fingerprint density at radius 3 is 2.79 bits per heavy atom. The lowest BCUT2D eigenvalue weighted by Gasteiger charge is -2.36. The summed E-state index contributed by atoms with van der Waals surface area (Å²) in [6.07, 6.45) is 7.51. The highest BCUT2D eigenvalue weighted by molar-refractivity contribution is 5.79. The quantitative estimate of drug-likeness (QED) is 0.542. The number of aliphatic carboxylic acids is 1. The number of hydrogen-bond acceptors (Lipinski definition) is 1. The Morgan fingerprint density at radius 1 is 1.64 bits per heavy atom. The summed E-state index contributed by atoms with van der Waals surface area (Å²) in [6, 6.07) is 0. The molecule has 1 aliphatic carbocycles. The first kappa shape index (κ1) is 11.0. The second-order valence-electron chi connectivity index (χ2n) is 4.65. The first-order chi connectivity index (χ1) is 6.43. The zero-order valence-corrected chi connectivity index (χ0v) is 9.08. The van der Waals surface area contributed by atoms with Crippen LogP contribution in [-0.2, 0) is 4.79 Å². The summed E-state index contributed by atoms with van der Waals surface area (Å²) in [7, 11) is 0. The third-order valence-corrected chi connectivity index (χ3v) is 3.02. The number of hydrogen-bond donors (Lipinski definition) is 1. The normalized spacial score (nSPS) is 26.2. The SMILES string of the molecule is CC1=CCCC(C)(C)[C@@H]1/C=C\C(=O)O. The first-order valence-corrected chi connectivity index (χ1v) is 5.01. The highest BCUT2D eigenvalue weighted by Crippen LogP contribution is 2.41. The molecule has 0 aliphatic heterocycles. The van der Waals surface area contributed by atoms with E-state index < -0.39 is 5.97 Å². The Kier molecular flexibility index (Phi) is 3.14. The van der Waals surface area contributed by atoms with Crippen LogP contribution < -0.4 is 0 Å². The fourth-order valence-corrected chi connectivity index (χ4v) is 2.16. The Morgan fingerprint density at radius 2 is 2.29 bits per heavy atom. The molecule has 2 nitrogen and oxygen atoms in total. The molecular formula is C12H18O2. The van der Waals surface area contributed by atoms with Gasteiger partial charge in [-0.2, -0.15) is 0 Å². The second-order valence-corrected chi connectivity index (χ2v) is 4.65. The van der Waals surface area contributed by atoms with Gasteiger partial charge in [0.25, 0.3) is 0 Å². The van der Waals surface area contributed by atoms with Crippen LogP contribution in [0, 0.1) is 11.3 Å². The third-order valence-electron chi connectivity index (χ3n) is 3.02. The molecule has 2 heteroatoms. The molecule has 0 aromatic heterocycles. The average Bonchev–Trinajstić information content (AvgIpc) is 2.01. The van der Waals surface area contributed by atoms with E-state index in [1.54, 1.807) is 0 Å². The van der Waals surface area contributed by atoms with Crippen LogP contribution in [0.4, 0.5) is 0 Å². The average molecular weight is 194 g/mol. The summed E-state index contributed by atoms with van der Waals surface area (Å²) < 4.78 is 0. The van der Waals surface area contributed by atoms with E-state index in [9.17, 15) is 4.79 Å². The number of rotatable bonds is 2. The van der Waals surface area contributed by atoms with Gasteiger partial charge in [0.1, 0.15) is 0 Å². The molecule has 1 rings (SSSR count). The van der Waals surface area contributed by atoms with Gasteiger partial charge in [0, 0.05) is 12.0 Å². The molecule has 0 heterocycles. The zero-order chi connectivity index (χ0) is 10.8. The number of allylic oxidation sites excluding steroid dienone is 3. The molecule has 0 bridgehead atoms. The molecule has 1 aliphatic rings. The standard InChI is InChI=1S/C12H18O2/c1-9-5-4-8-12(2,3)10(9)6-7-11(13)14/h5-7,10H,4,8H2,1-3H3,(H,13,14)/b7-6-/t10-/m1/s1. The molecule has 0 unspecified atom stereocenters. The highest BCUT2D eigenvalue weighted by atomic mass is 16.4. The minimum atomic E-state index is -0.862. The number of carboxylic acids is 1. The van der Waals surface area contributed by atoms with Crippen LogP contribution in [0.15, 0.2) is 23.8 Å². The smallest absolute Gasteiger partial charge is 0.327 e. The van der Waals surface area contributed by atoms with E-state index in [0.717, 1.165) is 12.8 Å². The summed E-state index contributed by atoms with van der Waals surface area (Å²) in [4.78, 5) is 10.5. The van der Waals surface area contributed by atoms with Crippen molar-refractivity contribution in [3.8, 4) is 0 Å². The van der Waals surface area contributed by atoms with Crippen molar-refractivity contribution in [2.24, 2.45) is 11.3 Å². The van der Waals surface area contributed by atoms with E-state index in [0.29, 0.717) is 0 Å².